The number of ether oxygens (including phenoxy) is 1. The zero-order valence-corrected chi connectivity index (χ0v) is 23.1. The molecule has 208 valence electrons. The summed E-state index contributed by atoms with van der Waals surface area (Å²) in [5, 5.41) is 0. The van der Waals surface area contributed by atoms with Crippen molar-refractivity contribution >= 4 is 21.2 Å². The summed E-state index contributed by atoms with van der Waals surface area (Å²) >= 11 is 0. The first-order chi connectivity index (χ1) is 16.8. The molecule has 0 bridgehead atoms. The number of alkyl halides is 3. The predicted octanol–water partition coefficient (Wildman–Crippen LogP) is 7.44. The van der Waals surface area contributed by atoms with Gasteiger partial charge < -0.3 is 9.29 Å². The molecule has 0 aliphatic heterocycles. The van der Waals surface area contributed by atoms with Gasteiger partial charge in [-0.3, -0.25) is 0 Å². The molecule has 1 aromatic carbocycles. The molecule has 0 amide bonds. The Bertz CT molecular complexity index is 1000. The maximum absolute atomic E-state index is 10.7. The van der Waals surface area contributed by atoms with Gasteiger partial charge in [-0.1, -0.05) is 64.7 Å². The van der Waals surface area contributed by atoms with Gasteiger partial charge in [0.25, 0.3) is 0 Å². The van der Waals surface area contributed by atoms with E-state index in [0.29, 0.717) is 12.1 Å². The molecule has 0 spiro atoms. The van der Waals surface area contributed by atoms with Crippen LogP contribution in [-0.4, -0.2) is 29.7 Å². The van der Waals surface area contributed by atoms with Gasteiger partial charge >= 0.3 is 5.51 Å². The maximum atomic E-state index is 10.7. The molecule has 0 N–H and O–H groups in total. The van der Waals surface area contributed by atoms with Gasteiger partial charge in [-0.05, 0) is 46.2 Å². The van der Waals surface area contributed by atoms with Crippen molar-refractivity contribution in [2.75, 3.05) is 6.61 Å². The number of fused-ring (bicyclic) bond motifs is 1. The Morgan fingerprint density at radius 3 is 1.89 bits per heavy atom. The van der Waals surface area contributed by atoms with Crippen molar-refractivity contribution in [1.82, 2.24) is 4.57 Å². The van der Waals surface area contributed by atoms with Gasteiger partial charge in [-0.2, -0.15) is 13.2 Å². The highest BCUT2D eigenvalue weighted by Crippen LogP contribution is 2.23. The first kappa shape index (κ1) is 32.2. The number of nitrogens with zero attached hydrogens (tertiary/aromatic N) is 2. The van der Waals surface area contributed by atoms with Crippen molar-refractivity contribution in [2.24, 2.45) is 0 Å². The molecule has 2 rings (SSSR count). The zero-order chi connectivity index (χ0) is 27.4. The molecule has 0 radical (unpaired) electrons. The first-order valence-electron chi connectivity index (χ1n) is 13.0. The van der Waals surface area contributed by atoms with E-state index in [1.807, 2.05) is 0 Å². The number of aromatic nitrogens is 2. The van der Waals surface area contributed by atoms with Gasteiger partial charge in [0.2, 0.25) is 6.33 Å². The van der Waals surface area contributed by atoms with Crippen LogP contribution in [0.1, 0.15) is 111 Å². The fraction of sp³-hybridized carbons (Fsp3) is 0.731. The normalized spacial score (nSPS) is 12.3. The molecule has 0 unspecified atom stereocenters. The van der Waals surface area contributed by atoms with E-state index >= 15 is 0 Å². The van der Waals surface area contributed by atoms with Gasteiger partial charge in [0.15, 0.2) is 21.2 Å². The van der Waals surface area contributed by atoms with E-state index in [0.717, 1.165) is 18.8 Å². The highest BCUT2D eigenvalue weighted by atomic mass is 32.2. The van der Waals surface area contributed by atoms with Crippen molar-refractivity contribution < 1.29 is 35.4 Å². The maximum Gasteiger partial charge on any atom is 0.485 e. The molecule has 0 saturated carbocycles. The summed E-state index contributed by atoms with van der Waals surface area (Å²) in [7, 11) is -6.09. The second-order valence-electron chi connectivity index (χ2n) is 9.70. The summed E-state index contributed by atoms with van der Waals surface area (Å²) in [6, 6.07) is 7.45. The van der Waals surface area contributed by atoms with E-state index in [4.69, 9.17) is 17.7 Å². The van der Waals surface area contributed by atoms with Crippen molar-refractivity contribution in [2.45, 2.75) is 116 Å². The third kappa shape index (κ3) is 11.1. The lowest BCUT2D eigenvalue weighted by atomic mass is 10.1. The lowest BCUT2D eigenvalue weighted by Crippen LogP contribution is -2.34. The number of hydrogen-bond donors (Lipinski definition) is 0. The van der Waals surface area contributed by atoms with Gasteiger partial charge in [0.1, 0.15) is 5.75 Å². The first-order valence-corrected chi connectivity index (χ1v) is 14.4. The predicted molar refractivity (Wildman–Crippen MR) is 136 cm³/mol. The minimum Gasteiger partial charge on any atom is -0.741 e. The minimum absolute atomic E-state index is 0.444. The Labute approximate surface area is 214 Å². The summed E-state index contributed by atoms with van der Waals surface area (Å²) in [5.41, 5.74) is -3.09. The second-order valence-corrected chi connectivity index (χ2v) is 11.1. The van der Waals surface area contributed by atoms with Crippen LogP contribution in [-0.2, 0) is 10.1 Å². The van der Waals surface area contributed by atoms with Crippen LogP contribution < -0.4 is 9.30 Å². The number of imidazole rings is 1. The quantitative estimate of drug-likeness (QED) is 0.109. The Hall–Kier alpha value is -1.81. The summed E-state index contributed by atoms with van der Waals surface area (Å²) < 4.78 is 69.7. The molecule has 0 fully saturated rings. The van der Waals surface area contributed by atoms with Crippen LogP contribution in [0.15, 0.2) is 24.5 Å². The van der Waals surface area contributed by atoms with E-state index < -0.39 is 15.6 Å². The summed E-state index contributed by atoms with van der Waals surface area (Å²) in [5.74, 6) is 0.999. The van der Waals surface area contributed by atoms with E-state index in [1.54, 1.807) is 0 Å². The highest BCUT2D eigenvalue weighted by molar-refractivity contribution is 7.86. The van der Waals surface area contributed by atoms with E-state index in [2.05, 4.69) is 68.3 Å². The number of benzene rings is 1. The summed E-state index contributed by atoms with van der Waals surface area (Å²) in [6.45, 7) is 12.1. The Balaban J connectivity index is 0.000000697. The third-order valence-corrected chi connectivity index (χ3v) is 6.48. The van der Waals surface area contributed by atoms with E-state index in [1.165, 1.54) is 68.8 Å². The summed E-state index contributed by atoms with van der Waals surface area (Å²) in [6.07, 6.45) is 15.8. The molecular weight excluding hydrogens is 493 g/mol. The van der Waals surface area contributed by atoms with Gasteiger partial charge in [0.05, 0.1) is 18.7 Å². The molecule has 0 atom stereocenters. The molecule has 0 aliphatic rings. The van der Waals surface area contributed by atoms with Crippen LogP contribution in [0.5, 0.6) is 5.75 Å². The Morgan fingerprint density at radius 1 is 0.944 bits per heavy atom. The molecule has 1 heterocycles. The van der Waals surface area contributed by atoms with Crippen LogP contribution in [0.2, 0.25) is 0 Å². The Morgan fingerprint density at radius 2 is 1.44 bits per heavy atom. The molecule has 0 saturated heterocycles. The Kier molecular flexibility index (Phi) is 13.8. The smallest absolute Gasteiger partial charge is 0.485 e. The fourth-order valence-corrected chi connectivity index (χ4v) is 3.88. The van der Waals surface area contributed by atoms with E-state index in [-0.39, 0.29) is 0 Å². The third-order valence-electron chi connectivity index (χ3n) is 5.91. The number of unbranched alkanes of at least 4 members (excludes halogenated alkanes) is 9. The van der Waals surface area contributed by atoms with Gasteiger partial charge in [0, 0.05) is 6.07 Å². The second kappa shape index (κ2) is 15.4. The topological polar surface area (TPSA) is 75.2 Å². The number of hydrogen-bond acceptors (Lipinski definition) is 4. The van der Waals surface area contributed by atoms with Crippen LogP contribution >= 0.6 is 0 Å². The monoisotopic (exact) mass is 536 g/mol. The molecular formula is C26H43F3N2O4S. The van der Waals surface area contributed by atoms with Crippen molar-refractivity contribution in [3.63, 3.8) is 0 Å². The average Bonchev–Trinajstić information content (AvgIpc) is 3.16. The molecule has 1 aromatic heterocycles. The average molecular weight is 537 g/mol. The number of halogens is 3. The SMILES string of the molecule is CCCCCCCCCCCCOc1ccc2c(c1)n(C(C)C)c[n+]2C(C)C.O=S(=O)([O-])C(F)(F)F. The molecule has 36 heavy (non-hydrogen) atoms. The highest BCUT2D eigenvalue weighted by Gasteiger charge is 2.36. The molecule has 0 aliphatic carbocycles. The minimum atomic E-state index is -6.09. The fourth-order valence-electron chi connectivity index (χ4n) is 3.88. The van der Waals surface area contributed by atoms with Crippen molar-refractivity contribution in [3.8, 4) is 5.75 Å². The van der Waals surface area contributed by atoms with Crippen molar-refractivity contribution in [1.29, 1.82) is 0 Å². The van der Waals surface area contributed by atoms with Crippen molar-refractivity contribution in [3.05, 3.63) is 24.5 Å². The standard InChI is InChI=1S/C25H43N2O.CHF3O3S/c1-6-7-8-9-10-11-12-13-14-15-18-28-23-16-17-24-25(19-23)27(22(4)5)20-26(24)21(2)3;2-1(3,4)8(5,6)7/h16-17,19-22H,6-15,18H2,1-5H3;(H,5,6,7)/q+1;/p-1. The zero-order valence-electron chi connectivity index (χ0n) is 22.3. The van der Waals surface area contributed by atoms with Crippen LogP contribution in [0.4, 0.5) is 13.2 Å². The molecule has 10 heteroatoms. The van der Waals surface area contributed by atoms with Crippen LogP contribution in [0.25, 0.3) is 11.0 Å². The number of rotatable bonds is 14. The van der Waals surface area contributed by atoms with Gasteiger partial charge in [-0.25, -0.2) is 17.6 Å². The van der Waals surface area contributed by atoms with Crippen LogP contribution in [0.3, 0.4) is 0 Å². The van der Waals surface area contributed by atoms with Crippen LogP contribution in [0, 0.1) is 0 Å². The largest absolute Gasteiger partial charge is 0.741 e. The van der Waals surface area contributed by atoms with Gasteiger partial charge in [-0.15, -0.1) is 0 Å². The lowest BCUT2D eigenvalue weighted by Gasteiger charge is -2.08. The summed E-state index contributed by atoms with van der Waals surface area (Å²) in [4.78, 5) is 0. The molecule has 2 aromatic rings. The van der Waals surface area contributed by atoms with E-state index in [9.17, 15) is 13.2 Å². The lowest BCUT2D eigenvalue weighted by molar-refractivity contribution is -0.692. The molecule has 6 nitrogen and oxygen atoms in total.